The van der Waals surface area contributed by atoms with Gasteiger partial charge in [0.25, 0.3) is 0 Å². The predicted octanol–water partition coefficient (Wildman–Crippen LogP) is 3.82. The van der Waals surface area contributed by atoms with Gasteiger partial charge in [-0.15, -0.1) is 0 Å². The zero-order valence-electron chi connectivity index (χ0n) is 9.75. The first-order chi connectivity index (χ1) is 7.15. The van der Waals surface area contributed by atoms with Crippen molar-refractivity contribution in [2.24, 2.45) is 5.92 Å². The maximum atomic E-state index is 11.8. The van der Waals surface area contributed by atoms with E-state index in [9.17, 15) is 4.79 Å². The first-order valence-electron chi connectivity index (χ1n) is 5.64. The van der Waals surface area contributed by atoms with E-state index in [1.54, 1.807) is 0 Å². The molecular weight excluding hydrogens is 184 g/mol. The Balaban J connectivity index is 2.39. The molecule has 0 aliphatic heterocycles. The van der Waals surface area contributed by atoms with Crippen molar-refractivity contribution in [2.75, 3.05) is 0 Å². The minimum absolute atomic E-state index is 0.317. The molecule has 0 saturated heterocycles. The van der Waals surface area contributed by atoms with Crippen LogP contribution in [0.2, 0.25) is 0 Å². The summed E-state index contributed by atoms with van der Waals surface area (Å²) < 4.78 is 0. The average Bonchev–Trinajstić information content (AvgIpc) is 2.66. The molecule has 1 heteroatoms. The van der Waals surface area contributed by atoms with Gasteiger partial charge in [-0.3, -0.25) is 4.79 Å². The maximum Gasteiger partial charge on any atom is 0.158 e. The Morgan fingerprint density at radius 2 is 2.40 bits per heavy atom. The van der Waals surface area contributed by atoms with Gasteiger partial charge in [0.05, 0.1) is 0 Å². The molecule has 0 aromatic carbocycles. The van der Waals surface area contributed by atoms with E-state index in [4.69, 9.17) is 0 Å². The maximum absolute atomic E-state index is 11.8. The van der Waals surface area contributed by atoms with E-state index in [-0.39, 0.29) is 0 Å². The van der Waals surface area contributed by atoms with Gasteiger partial charge in [0.2, 0.25) is 0 Å². The van der Waals surface area contributed by atoms with E-state index in [0.717, 1.165) is 24.8 Å². The number of allylic oxidation sites excluding steroid dienone is 5. The van der Waals surface area contributed by atoms with Gasteiger partial charge >= 0.3 is 0 Å². The smallest absolute Gasteiger partial charge is 0.158 e. The number of hydrogen-bond acceptors (Lipinski definition) is 1. The molecule has 0 amide bonds. The fraction of sp³-hybridized carbons (Fsp3) is 0.500. The number of ketones is 1. The summed E-state index contributed by atoms with van der Waals surface area (Å²) in [6, 6.07) is 0. The Morgan fingerprint density at radius 3 is 2.93 bits per heavy atom. The lowest BCUT2D eigenvalue weighted by atomic mass is 9.96. The Kier molecular flexibility index (Phi) is 4.54. The van der Waals surface area contributed by atoms with E-state index in [1.165, 1.54) is 5.57 Å². The van der Waals surface area contributed by atoms with Gasteiger partial charge < -0.3 is 0 Å². The summed E-state index contributed by atoms with van der Waals surface area (Å²) in [5, 5.41) is 0. The van der Waals surface area contributed by atoms with Crippen LogP contribution >= 0.6 is 0 Å². The monoisotopic (exact) mass is 204 g/mol. The van der Waals surface area contributed by atoms with Crippen LogP contribution in [0, 0.1) is 5.92 Å². The molecule has 0 radical (unpaired) electrons. The minimum atomic E-state index is 0.317. The molecule has 0 saturated carbocycles. The van der Waals surface area contributed by atoms with Crippen molar-refractivity contribution >= 4 is 5.78 Å². The first kappa shape index (κ1) is 12.0. The highest BCUT2D eigenvalue weighted by Gasteiger charge is 2.21. The van der Waals surface area contributed by atoms with Gasteiger partial charge in [0, 0.05) is 6.42 Å². The van der Waals surface area contributed by atoms with Gasteiger partial charge in [-0.05, 0) is 44.6 Å². The third kappa shape index (κ3) is 3.50. The number of carbonyl (C=O) groups excluding carboxylic acids is 1. The number of hydrogen-bond donors (Lipinski definition) is 0. The molecule has 1 aliphatic rings. The lowest BCUT2D eigenvalue weighted by Gasteiger charge is -2.08. The van der Waals surface area contributed by atoms with Crippen LogP contribution in [0.15, 0.2) is 36.0 Å². The molecule has 0 bridgehead atoms. The highest BCUT2D eigenvalue weighted by Crippen LogP contribution is 2.30. The van der Waals surface area contributed by atoms with Gasteiger partial charge in [-0.1, -0.05) is 30.4 Å². The molecule has 0 spiro atoms. The van der Waals surface area contributed by atoms with Gasteiger partial charge in [0.1, 0.15) is 0 Å². The van der Waals surface area contributed by atoms with Crippen LogP contribution in [-0.4, -0.2) is 5.78 Å². The summed E-state index contributed by atoms with van der Waals surface area (Å²) in [5.74, 6) is 0.822. The van der Waals surface area contributed by atoms with Gasteiger partial charge in [-0.2, -0.15) is 0 Å². The molecule has 1 aliphatic carbocycles. The summed E-state index contributed by atoms with van der Waals surface area (Å²) in [7, 11) is 0. The second-order valence-corrected chi connectivity index (χ2v) is 4.24. The van der Waals surface area contributed by atoms with E-state index < -0.39 is 0 Å². The molecule has 0 heterocycles. The number of rotatable bonds is 5. The lowest BCUT2D eigenvalue weighted by Crippen LogP contribution is -2.02. The Hall–Kier alpha value is -1.11. The minimum Gasteiger partial charge on any atom is -0.295 e. The average molecular weight is 204 g/mol. The van der Waals surface area contributed by atoms with E-state index >= 15 is 0 Å². The van der Waals surface area contributed by atoms with Crippen molar-refractivity contribution in [2.45, 2.75) is 39.5 Å². The molecule has 1 nitrogen and oxygen atoms in total. The van der Waals surface area contributed by atoms with Gasteiger partial charge in [-0.25, -0.2) is 0 Å². The van der Waals surface area contributed by atoms with Crippen molar-refractivity contribution in [1.29, 1.82) is 0 Å². The standard InChI is InChI=1S/C14H20O/c1-4-5-6-7-14(15)13-9-8-12(10-13)11(2)3/h4-5,9,12H,2,6-8,10H2,1,3H3/t12-/m0/s1. The lowest BCUT2D eigenvalue weighted by molar-refractivity contribution is -0.115. The molecule has 0 fully saturated rings. The fourth-order valence-corrected chi connectivity index (χ4v) is 1.86. The molecule has 0 aromatic heterocycles. The van der Waals surface area contributed by atoms with Crippen molar-refractivity contribution in [3.05, 3.63) is 36.0 Å². The van der Waals surface area contributed by atoms with Crippen molar-refractivity contribution in [3.63, 3.8) is 0 Å². The predicted molar refractivity (Wildman–Crippen MR) is 64.7 cm³/mol. The fourth-order valence-electron chi connectivity index (χ4n) is 1.86. The Morgan fingerprint density at radius 1 is 1.67 bits per heavy atom. The number of carbonyl (C=O) groups is 1. The van der Waals surface area contributed by atoms with Crippen LogP contribution in [0.1, 0.15) is 39.5 Å². The zero-order chi connectivity index (χ0) is 11.3. The number of Topliss-reactive ketones (excluding diaryl/α,β-unsaturated/α-hetero) is 1. The van der Waals surface area contributed by atoms with E-state index in [2.05, 4.69) is 12.7 Å². The van der Waals surface area contributed by atoms with E-state index in [0.29, 0.717) is 18.1 Å². The molecule has 1 atom stereocenters. The topological polar surface area (TPSA) is 17.1 Å². The van der Waals surface area contributed by atoms with Gasteiger partial charge in [0.15, 0.2) is 5.78 Å². The Bertz CT molecular complexity index is 307. The SMILES string of the molecule is C=C(C)[C@H]1CC=C(C(=O)CCC=CC)C1. The highest BCUT2D eigenvalue weighted by atomic mass is 16.1. The first-order valence-corrected chi connectivity index (χ1v) is 5.64. The summed E-state index contributed by atoms with van der Waals surface area (Å²) >= 11 is 0. The second-order valence-electron chi connectivity index (χ2n) is 4.24. The summed E-state index contributed by atoms with van der Waals surface area (Å²) in [6.07, 6.45) is 9.56. The molecule has 1 rings (SSSR count). The summed E-state index contributed by atoms with van der Waals surface area (Å²) in [4.78, 5) is 11.8. The normalized spacial score (nSPS) is 20.7. The molecule has 15 heavy (non-hydrogen) atoms. The van der Waals surface area contributed by atoms with Crippen LogP contribution in [0.5, 0.6) is 0 Å². The van der Waals surface area contributed by atoms with Crippen molar-refractivity contribution in [3.8, 4) is 0 Å². The highest BCUT2D eigenvalue weighted by molar-refractivity contribution is 5.95. The second kappa shape index (κ2) is 5.69. The quantitative estimate of drug-likeness (QED) is 0.622. The molecular formula is C14H20O. The van der Waals surface area contributed by atoms with Crippen molar-refractivity contribution < 1.29 is 4.79 Å². The van der Waals surface area contributed by atoms with Crippen molar-refractivity contribution in [1.82, 2.24) is 0 Å². The van der Waals surface area contributed by atoms with Crippen LogP contribution in [0.25, 0.3) is 0 Å². The summed E-state index contributed by atoms with van der Waals surface area (Å²) in [5.41, 5.74) is 2.22. The molecule has 82 valence electrons. The largest absolute Gasteiger partial charge is 0.295 e. The zero-order valence-corrected chi connectivity index (χ0v) is 9.75. The van der Waals surface area contributed by atoms with Crippen LogP contribution in [0.3, 0.4) is 0 Å². The third-order valence-electron chi connectivity index (χ3n) is 2.94. The van der Waals surface area contributed by atoms with E-state index in [1.807, 2.05) is 26.0 Å². The molecule has 0 unspecified atom stereocenters. The summed E-state index contributed by atoms with van der Waals surface area (Å²) in [6.45, 7) is 7.98. The van der Waals surface area contributed by atoms with Crippen LogP contribution < -0.4 is 0 Å². The van der Waals surface area contributed by atoms with Crippen LogP contribution in [-0.2, 0) is 4.79 Å². The molecule has 0 aromatic rings. The third-order valence-corrected chi connectivity index (χ3v) is 2.94. The Labute approximate surface area is 92.6 Å². The molecule has 0 N–H and O–H groups in total. The van der Waals surface area contributed by atoms with Crippen LogP contribution in [0.4, 0.5) is 0 Å².